The molecule has 2 aliphatic carbocycles. The second-order valence-corrected chi connectivity index (χ2v) is 10.4. The first-order valence-electron chi connectivity index (χ1n) is 13.6. The molecule has 2 N–H and O–H groups in total. The van der Waals surface area contributed by atoms with E-state index in [1.54, 1.807) is 6.07 Å². The van der Waals surface area contributed by atoms with Gasteiger partial charge in [-0.25, -0.2) is 19.6 Å². The second-order valence-electron chi connectivity index (χ2n) is 10.4. The average Bonchev–Trinajstić information content (AvgIpc) is 3.53. The van der Waals surface area contributed by atoms with Crippen molar-refractivity contribution >= 4 is 23.8 Å². The molecule has 208 valence electrons. The molecular formula is C32H24N4O6. The number of aromatic nitrogens is 2. The molecule has 3 heterocycles. The third kappa shape index (κ3) is 4.56. The van der Waals surface area contributed by atoms with E-state index in [2.05, 4.69) is 20.6 Å². The molecule has 4 aromatic rings. The van der Waals surface area contributed by atoms with E-state index in [1.165, 1.54) is 30.3 Å². The number of hydrogen-bond acceptors (Lipinski definition) is 8. The molecule has 7 rings (SSSR count). The fourth-order valence-corrected chi connectivity index (χ4v) is 5.85. The summed E-state index contributed by atoms with van der Waals surface area (Å²) < 4.78 is 11.7. The lowest BCUT2D eigenvalue weighted by atomic mass is 10.1. The predicted molar refractivity (Wildman–Crippen MR) is 148 cm³/mol. The van der Waals surface area contributed by atoms with E-state index in [-0.39, 0.29) is 22.8 Å². The maximum atomic E-state index is 13.4. The second kappa shape index (κ2) is 10.2. The highest BCUT2D eigenvalue weighted by molar-refractivity contribution is 5.97. The molecule has 3 aliphatic rings. The molecule has 0 radical (unpaired) electrons. The van der Waals surface area contributed by atoms with Gasteiger partial charge in [-0.1, -0.05) is 60.7 Å². The highest BCUT2D eigenvalue weighted by Crippen LogP contribution is 2.35. The fourth-order valence-electron chi connectivity index (χ4n) is 5.85. The van der Waals surface area contributed by atoms with Gasteiger partial charge in [-0.15, -0.1) is 0 Å². The number of nitrogens with zero attached hydrogens (tertiary/aromatic N) is 2. The van der Waals surface area contributed by atoms with Gasteiger partial charge in [0.2, 0.25) is 0 Å². The smallest absolute Gasteiger partial charge is 0.357 e. The molecule has 0 spiro atoms. The predicted octanol–water partition coefficient (Wildman–Crippen LogP) is 3.30. The quantitative estimate of drug-likeness (QED) is 0.313. The SMILES string of the molecule is O=C1N[C@@H]2c3ccccc3C[C@@H]2OC(=O)c2cccc(n2)C(=O)O[C@H]2Cc3ccccc3[C@H]2NC(=O)c2cccc1n2. The number of nitrogens with one attached hydrogen (secondary N) is 2. The van der Waals surface area contributed by atoms with E-state index >= 15 is 0 Å². The van der Waals surface area contributed by atoms with Crippen LogP contribution in [0.5, 0.6) is 0 Å². The maximum Gasteiger partial charge on any atom is 0.357 e. The number of pyridine rings is 2. The Hall–Kier alpha value is -5.38. The number of ether oxygens (including phenoxy) is 2. The number of hydrogen-bond donors (Lipinski definition) is 2. The number of esters is 2. The highest BCUT2D eigenvalue weighted by atomic mass is 16.6. The van der Waals surface area contributed by atoms with E-state index in [1.807, 2.05) is 48.5 Å². The molecule has 10 heteroatoms. The van der Waals surface area contributed by atoms with E-state index in [0.29, 0.717) is 12.8 Å². The Bertz CT molecular complexity index is 1650. The minimum atomic E-state index is -0.737. The van der Waals surface area contributed by atoms with Crippen molar-refractivity contribution in [3.8, 4) is 0 Å². The van der Waals surface area contributed by atoms with E-state index in [0.717, 1.165) is 22.3 Å². The normalized spacial score (nSPS) is 23.0. The van der Waals surface area contributed by atoms with E-state index < -0.39 is 48.0 Å². The minimum absolute atomic E-state index is 0.0300. The third-order valence-electron chi connectivity index (χ3n) is 7.84. The number of rotatable bonds is 0. The van der Waals surface area contributed by atoms with Crippen LogP contribution in [0.4, 0.5) is 0 Å². The van der Waals surface area contributed by atoms with Gasteiger partial charge in [-0.2, -0.15) is 0 Å². The summed E-state index contributed by atoms with van der Waals surface area (Å²) in [5.74, 6) is -2.51. The minimum Gasteiger partial charge on any atom is -0.455 e. The van der Waals surface area contributed by atoms with Gasteiger partial charge in [0, 0.05) is 12.8 Å². The molecule has 1 aliphatic heterocycles. The number of amides is 2. The van der Waals surface area contributed by atoms with Crippen molar-refractivity contribution < 1.29 is 28.7 Å². The van der Waals surface area contributed by atoms with Crippen LogP contribution in [0.25, 0.3) is 0 Å². The van der Waals surface area contributed by atoms with Crippen LogP contribution in [0.2, 0.25) is 0 Å². The van der Waals surface area contributed by atoms with E-state index in [4.69, 9.17) is 9.47 Å². The van der Waals surface area contributed by atoms with Gasteiger partial charge in [-0.3, -0.25) is 9.59 Å². The van der Waals surface area contributed by atoms with Crippen LogP contribution in [0, 0.1) is 0 Å². The van der Waals surface area contributed by atoms with Gasteiger partial charge >= 0.3 is 11.9 Å². The van der Waals surface area contributed by atoms with Gasteiger partial charge in [-0.05, 0) is 46.5 Å². The molecule has 0 unspecified atom stereocenters. The molecule has 42 heavy (non-hydrogen) atoms. The fraction of sp³-hybridized carbons (Fsp3) is 0.188. The van der Waals surface area contributed by atoms with Crippen molar-refractivity contribution in [3.05, 3.63) is 130 Å². The average molecular weight is 561 g/mol. The molecule has 0 saturated carbocycles. The van der Waals surface area contributed by atoms with E-state index in [9.17, 15) is 19.2 Å². The van der Waals surface area contributed by atoms with Crippen molar-refractivity contribution in [3.63, 3.8) is 0 Å². The van der Waals surface area contributed by atoms with Crippen LogP contribution in [-0.2, 0) is 22.3 Å². The van der Waals surface area contributed by atoms with Gasteiger partial charge in [0.25, 0.3) is 11.8 Å². The maximum absolute atomic E-state index is 13.4. The Morgan fingerprint density at radius 1 is 0.524 bits per heavy atom. The van der Waals surface area contributed by atoms with Crippen molar-refractivity contribution in [1.82, 2.24) is 20.6 Å². The number of fused-ring (bicyclic) bond motifs is 10. The number of benzene rings is 2. The van der Waals surface area contributed by atoms with Gasteiger partial charge in [0.1, 0.15) is 35.0 Å². The van der Waals surface area contributed by atoms with Gasteiger partial charge < -0.3 is 20.1 Å². The molecule has 2 amide bonds. The summed E-state index contributed by atoms with van der Waals surface area (Å²) >= 11 is 0. The summed E-state index contributed by atoms with van der Waals surface area (Å²) in [6, 6.07) is 22.7. The number of carbonyl (C=O) groups is 4. The van der Waals surface area contributed by atoms with Crippen molar-refractivity contribution in [2.24, 2.45) is 0 Å². The summed E-state index contributed by atoms with van der Waals surface area (Å²) in [5.41, 5.74) is 3.38. The summed E-state index contributed by atoms with van der Waals surface area (Å²) in [6.07, 6.45) is -0.735. The summed E-state index contributed by atoms with van der Waals surface area (Å²) in [6.45, 7) is 0. The zero-order chi connectivity index (χ0) is 28.8. The van der Waals surface area contributed by atoms with Crippen molar-refractivity contribution in [2.45, 2.75) is 37.1 Å². The molecule has 2 aromatic carbocycles. The van der Waals surface area contributed by atoms with Crippen LogP contribution < -0.4 is 10.6 Å². The molecule has 0 fully saturated rings. The summed E-state index contributed by atoms with van der Waals surface area (Å²) in [7, 11) is 0. The Balaban J connectivity index is 1.29. The van der Waals surface area contributed by atoms with Crippen LogP contribution in [0.3, 0.4) is 0 Å². The van der Waals surface area contributed by atoms with Crippen LogP contribution in [-0.4, -0.2) is 45.9 Å². The molecule has 10 nitrogen and oxygen atoms in total. The molecular weight excluding hydrogens is 536 g/mol. The zero-order valence-electron chi connectivity index (χ0n) is 22.2. The van der Waals surface area contributed by atoms with Gasteiger partial charge in [0.05, 0.1) is 12.1 Å². The summed E-state index contributed by atoms with van der Waals surface area (Å²) in [5, 5.41) is 5.88. The standard InChI is InChI=1S/C32H24N4O6/c37-29-21-11-5-12-22(33-21)30(38)36-28-20-10-4-2-8-18(20)16-26(28)42-32(40)24-14-6-13-23(34-24)31(39)41-25-15-17-7-1-3-9-19(17)27(25)35-29/h1-14,25-28H,15-16H2,(H,35,37)(H,36,38)/t25-,26-,27+,28+/m0/s1. The monoisotopic (exact) mass is 560 g/mol. The lowest BCUT2D eigenvalue weighted by Gasteiger charge is -2.23. The lowest BCUT2D eigenvalue weighted by Crippen LogP contribution is -2.38. The topological polar surface area (TPSA) is 137 Å². The first-order valence-corrected chi connectivity index (χ1v) is 13.6. The highest BCUT2D eigenvalue weighted by Gasteiger charge is 2.39. The molecule has 4 atom stereocenters. The first-order chi connectivity index (χ1) is 20.4. The van der Waals surface area contributed by atoms with Crippen molar-refractivity contribution in [2.75, 3.05) is 0 Å². The van der Waals surface area contributed by atoms with Gasteiger partial charge in [0.15, 0.2) is 0 Å². The van der Waals surface area contributed by atoms with Crippen LogP contribution >= 0.6 is 0 Å². The lowest BCUT2D eigenvalue weighted by molar-refractivity contribution is 0.0212. The van der Waals surface area contributed by atoms with Crippen LogP contribution in [0.1, 0.15) is 76.3 Å². The Kier molecular flexibility index (Phi) is 6.23. The molecule has 0 saturated heterocycles. The van der Waals surface area contributed by atoms with Crippen molar-refractivity contribution in [1.29, 1.82) is 0 Å². The Morgan fingerprint density at radius 3 is 1.40 bits per heavy atom. The first kappa shape index (κ1) is 25.6. The van der Waals surface area contributed by atoms with Crippen LogP contribution in [0.15, 0.2) is 84.9 Å². The Morgan fingerprint density at radius 2 is 0.929 bits per heavy atom. The Labute approximate surface area is 240 Å². The largest absolute Gasteiger partial charge is 0.455 e. The molecule has 4 bridgehead atoms. The summed E-state index contributed by atoms with van der Waals surface area (Å²) in [4.78, 5) is 61.9. The number of carbonyl (C=O) groups excluding carboxylic acids is 4. The zero-order valence-corrected chi connectivity index (χ0v) is 22.2. The molecule has 2 aromatic heterocycles. The third-order valence-corrected chi connectivity index (χ3v) is 7.84.